The van der Waals surface area contributed by atoms with E-state index in [0.717, 1.165) is 25.7 Å². The Labute approximate surface area is 146 Å². The van der Waals surface area contributed by atoms with Gasteiger partial charge in [0.05, 0.1) is 4.88 Å². The number of thiophene rings is 1. The van der Waals surface area contributed by atoms with E-state index in [9.17, 15) is 9.59 Å². The highest BCUT2D eigenvalue weighted by Crippen LogP contribution is 2.22. The maximum Gasteiger partial charge on any atom is 0.264 e. The predicted molar refractivity (Wildman–Crippen MR) is 96.2 cm³/mol. The Bertz CT molecular complexity index is 670. The minimum absolute atomic E-state index is 0.0214. The maximum atomic E-state index is 12.5. The molecule has 2 amide bonds. The van der Waals surface area contributed by atoms with Crippen LogP contribution in [0.15, 0.2) is 47.8 Å². The number of hydrogen-bond donors (Lipinski definition) is 1. The predicted octanol–water partition coefficient (Wildman–Crippen LogP) is 3.10. The summed E-state index contributed by atoms with van der Waals surface area (Å²) >= 11 is 1.43. The molecule has 0 bridgehead atoms. The van der Waals surface area contributed by atoms with E-state index in [-0.39, 0.29) is 17.9 Å². The molecular weight excluding hydrogens is 320 g/mol. The maximum absolute atomic E-state index is 12.5. The molecule has 1 aliphatic heterocycles. The van der Waals surface area contributed by atoms with Crippen molar-refractivity contribution in [3.63, 3.8) is 0 Å². The highest BCUT2D eigenvalue weighted by atomic mass is 32.1. The molecule has 3 rings (SSSR count). The van der Waals surface area contributed by atoms with Crippen LogP contribution in [0.4, 0.5) is 0 Å². The van der Waals surface area contributed by atoms with Crippen LogP contribution < -0.4 is 5.32 Å². The van der Waals surface area contributed by atoms with E-state index in [2.05, 4.69) is 17.4 Å². The summed E-state index contributed by atoms with van der Waals surface area (Å²) in [5.74, 6) is -0.0441. The third-order valence-electron chi connectivity index (χ3n) is 4.33. The van der Waals surface area contributed by atoms with Crippen LogP contribution in [0.3, 0.4) is 0 Å². The smallest absolute Gasteiger partial charge is 0.264 e. The molecule has 1 aliphatic rings. The summed E-state index contributed by atoms with van der Waals surface area (Å²) in [4.78, 5) is 27.4. The van der Waals surface area contributed by atoms with Gasteiger partial charge in [0.2, 0.25) is 5.91 Å². The summed E-state index contributed by atoms with van der Waals surface area (Å²) in [6.07, 6.45) is 3.49. The Morgan fingerprint density at radius 2 is 2.00 bits per heavy atom. The molecule has 2 aromatic rings. The second kappa shape index (κ2) is 8.11. The number of aryl methyl sites for hydroxylation is 1. The van der Waals surface area contributed by atoms with Gasteiger partial charge in [-0.05, 0) is 42.7 Å². The van der Waals surface area contributed by atoms with Crippen molar-refractivity contribution in [2.75, 3.05) is 13.1 Å². The van der Waals surface area contributed by atoms with Crippen molar-refractivity contribution in [1.29, 1.82) is 0 Å². The number of carbonyl (C=O) groups is 2. The monoisotopic (exact) mass is 342 g/mol. The Balaban J connectivity index is 1.48. The van der Waals surface area contributed by atoms with Gasteiger partial charge in [0.25, 0.3) is 5.91 Å². The minimum Gasteiger partial charge on any atom is -0.354 e. The van der Waals surface area contributed by atoms with E-state index in [1.54, 1.807) is 4.90 Å². The van der Waals surface area contributed by atoms with Crippen LogP contribution in [0.5, 0.6) is 0 Å². The first-order chi connectivity index (χ1) is 11.8. The zero-order valence-electron chi connectivity index (χ0n) is 13.6. The van der Waals surface area contributed by atoms with E-state index in [1.807, 2.05) is 35.7 Å². The molecule has 0 aliphatic carbocycles. The standard InChI is InChI=1S/C19H22N2O2S/c22-18(20-12-4-9-15-7-2-1-3-8-15)16-10-5-13-21(16)19(23)17-11-6-14-24-17/h1-3,6-8,11,14,16H,4-5,9-10,12-13H2,(H,20,22). The Morgan fingerprint density at radius 3 is 2.75 bits per heavy atom. The summed E-state index contributed by atoms with van der Waals surface area (Å²) < 4.78 is 0. The lowest BCUT2D eigenvalue weighted by molar-refractivity contribution is -0.124. The third-order valence-corrected chi connectivity index (χ3v) is 5.19. The van der Waals surface area contributed by atoms with Crippen LogP contribution in [-0.2, 0) is 11.2 Å². The van der Waals surface area contributed by atoms with E-state index in [0.29, 0.717) is 18.0 Å². The molecule has 1 unspecified atom stereocenters. The fourth-order valence-corrected chi connectivity index (χ4v) is 3.77. The first-order valence-electron chi connectivity index (χ1n) is 8.42. The average molecular weight is 342 g/mol. The van der Waals surface area contributed by atoms with Gasteiger partial charge < -0.3 is 10.2 Å². The summed E-state index contributed by atoms with van der Waals surface area (Å²) in [5, 5.41) is 4.89. The summed E-state index contributed by atoms with van der Waals surface area (Å²) in [7, 11) is 0. The van der Waals surface area contributed by atoms with Gasteiger partial charge in [0.15, 0.2) is 0 Å². The number of likely N-dealkylation sites (tertiary alicyclic amines) is 1. The average Bonchev–Trinajstić information content (AvgIpc) is 3.30. The van der Waals surface area contributed by atoms with Gasteiger partial charge in [-0.3, -0.25) is 9.59 Å². The third kappa shape index (κ3) is 4.03. The summed E-state index contributed by atoms with van der Waals surface area (Å²) in [5.41, 5.74) is 1.28. The number of carbonyl (C=O) groups excluding carboxylic acids is 2. The fraction of sp³-hybridized carbons (Fsp3) is 0.368. The molecule has 1 fully saturated rings. The van der Waals surface area contributed by atoms with Gasteiger partial charge in [-0.25, -0.2) is 0 Å². The lowest BCUT2D eigenvalue weighted by Gasteiger charge is -2.23. The van der Waals surface area contributed by atoms with Gasteiger partial charge >= 0.3 is 0 Å². The van der Waals surface area contributed by atoms with Crippen molar-refractivity contribution in [1.82, 2.24) is 10.2 Å². The van der Waals surface area contributed by atoms with Crippen LogP contribution in [0.25, 0.3) is 0 Å². The largest absolute Gasteiger partial charge is 0.354 e. The van der Waals surface area contributed by atoms with Gasteiger partial charge in [-0.2, -0.15) is 0 Å². The fourth-order valence-electron chi connectivity index (χ4n) is 3.09. The number of amides is 2. The number of benzene rings is 1. The molecule has 1 aromatic heterocycles. The second-order valence-electron chi connectivity index (χ2n) is 6.01. The van der Waals surface area contributed by atoms with Crippen LogP contribution in [0, 0.1) is 0 Å². The Kier molecular flexibility index (Phi) is 5.64. The lowest BCUT2D eigenvalue weighted by Crippen LogP contribution is -2.46. The molecule has 1 N–H and O–H groups in total. The van der Waals surface area contributed by atoms with Crippen molar-refractivity contribution >= 4 is 23.2 Å². The number of hydrogen-bond acceptors (Lipinski definition) is 3. The molecule has 24 heavy (non-hydrogen) atoms. The van der Waals surface area contributed by atoms with E-state index < -0.39 is 0 Å². The topological polar surface area (TPSA) is 49.4 Å². The van der Waals surface area contributed by atoms with Crippen LogP contribution in [0.2, 0.25) is 0 Å². The van der Waals surface area contributed by atoms with Gasteiger partial charge in [-0.15, -0.1) is 11.3 Å². The molecule has 0 saturated carbocycles. The number of nitrogens with one attached hydrogen (secondary N) is 1. The molecule has 1 atom stereocenters. The Morgan fingerprint density at radius 1 is 1.17 bits per heavy atom. The minimum atomic E-state index is -0.323. The summed E-state index contributed by atoms with van der Waals surface area (Å²) in [6, 6.07) is 13.6. The Hall–Kier alpha value is -2.14. The van der Waals surface area contributed by atoms with Crippen molar-refractivity contribution in [2.45, 2.75) is 31.7 Å². The normalized spacial score (nSPS) is 17.0. The van der Waals surface area contributed by atoms with E-state index >= 15 is 0 Å². The molecule has 1 aromatic carbocycles. The molecule has 126 valence electrons. The SMILES string of the molecule is O=C(NCCCc1ccccc1)C1CCCN1C(=O)c1cccs1. The molecule has 5 heteroatoms. The van der Waals surface area contributed by atoms with Crippen molar-refractivity contribution < 1.29 is 9.59 Å². The van der Waals surface area contributed by atoms with Crippen molar-refractivity contribution in [3.8, 4) is 0 Å². The van der Waals surface area contributed by atoms with Crippen LogP contribution in [-0.4, -0.2) is 35.8 Å². The zero-order chi connectivity index (χ0) is 16.8. The lowest BCUT2D eigenvalue weighted by atomic mass is 10.1. The number of nitrogens with zero attached hydrogens (tertiary/aromatic N) is 1. The molecule has 2 heterocycles. The second-order valence-corrected chi connectivity index (χ2v) is 6.96. The molecule has 0 spiro atoms. The van der Waals surface area contributed by atoms with Crippen LogP contribution in [0.1, 0.15) is 34.5 Å². The van der Waals surface area contributed by atoms with Crippen LogP contribution >= 0.6 is 11.3 Å². The highest BCUT2D eigenvalue weighted by molar-refractivity contribution is 7.12. The van der Waals surface area contributed by atoms with Gasteiger partial charge in [-0.1, -0.05) is 36.4 Å². The first-order valence-corrected chi connectivity index (χ1v) is 9.30. The zero-order valence-corrected chi connectivity index (χ0v) is 14.4. The van der Waals surface area contributed by atoms with E-state index in [4.69, 9.17) is 0 Å². The van der Waals surface area contributed by atoms with Gasteiger partial charge in [0, 0.05) is 13.1 Å². The first kappa shape index (κ1) is 16.7. The molecule has 1 saturated heterocycles. The number of rotatable bonds is 6. The quantitative estimate of drug-likeness (QED) is 0.820. The molecular formula is C19H22N2O2S. The molecule has 0 radical (unpaired) electrons. The van der Waals surface area contributed by atoms with Crippen molar-refractivity contribution in [2.24, 2.45) is 0 Å². The van der Waals surface area contributed by atoms with E-state index in [1.165, 1.54) is 16.9 Å². The summed E-state index contributed by atoms with van der Waals surface area (Å²) in [6.45, 7) is 1.31. The van der Waals surface area contributed by atoms with Gasteiger partial charge in [0.1, 0.15) is 6.04 Å². The highest BCUT2D eigenvalue weighted by Gasteiger charge is 2.34. The van der Waals surface area contributed by atoms with Crippen molar-refractivity contribution in [3.05, 3.63) is 58.3 Å². The molecule has 4 nitrogen and oxygen atoms in total.